The van der Waals surface area contributed by atoms with E-state index in [0.717, 1.165) is 24.5 Å². The fourth-order valence-electron chi connectivity index (χ4n) is 5.53. The Balaban J connectivity index is 1.27. The molecule has 0 radical (unpaired) electrons. The Bertz CT molecular complexity index is 1550. The third kappa shape index (κ3) is 4.49. The first-order chi connectivity index (χ1) is 19.4. The number of halogens is 2. The average Bonchev–Trinajstić information content (AvgIpc) is 3.34. The van der Waals surface area contributed by atoms with Crippen LogP contribution in [0.15, 0.2) is 72.4 Å². The van der Waals surface area contributed by atoms with Crippen LogP contribution in [0.4, 0.5) is 25.0 Å². The van der Waals surface area contributed by atoms with E-state index in [1.165, 1.54) is 34.9 Å². The molecule has 40 heavy (non-hydrogen) atoms. The first kappa shape index (κ1) is 26.0. The van der Waals surface area contributed by atoms with Crippen molar-refractivity contribution in [3.8, 4) is 11.1 Å². The smallest absolute Gasteiger partial charge is 0.327 e. The quantitative estimate of drug-likeness (QED) is 0.441. The number of pyridine rings is 1. The van der Waals surface area contributed by atoms with Gasteiger partial charge < -0.3 is 15.5 Å². The number of anilines is 2. The van der Waals surface area contributed by atoms with Crippen LogP contribution >= 0.6 is 11.8 Å². The van der Waals surface area contributed by atoms with Crippen LogP contribution in [0.5, 0.6) is 0 Å². The van der Waals surface area contributed by atoms with E-state index in [0.29, 0.717) is 35.1 Å². The summed E-state index contributed by atoms with van der Waals surface area (Å²) >= 11 is 1.28. The molecule has 4 amide bonds. The molecule has 4 heterocycles. The molecule has 0 aliphatic carbocycles. The van der Waals surface area contributed by atoms with Gasteiger partial charge in [0.05, 0.1) is 17.4 Å². The SMILES string of the molecule is C=CC(=O)N1CCCC(NC(=O)[C@@H]2Sc3nccc4c3C2NC(=O)N4c2cccc(-c3cccc(F)c3F)c2)C1. The Kier molecular flexibility index (Phi) is 6.75. The number of urea groups is 1. The third-order valence-electron chi connectivity index (χ3n) is 7.39. The number of carbonyl (C=O) groups is 3. The molecule has 8 nitrogen and oxygen atoms in total. The lowest BCUT2D eigenvalue weighted by Gasteiger charge is -2.35. The Morgan fingerprint density at radius 2 is 2.00 bits per heavy atom. The van der Waals surface area contributed by atoms with Crippen LogP contribution in [0.2, 0.25) is 0 Å². The van der Waals surface area contributed by atoms with E-state index in [4.69, 9.17) is 0 Å². The van der Waals surface area contributed by atoms with Crippen molar-refractivity contribution < 1.29 is 23.2 Å². The number of piperidine rings is 1. The second-order valence-corrected chi connectivity index (χ2v) is 11.0. The highest BCUT2D eigenvalue weighted by Gasteiger charge is 2.47. The van der Waals surface area contributed by atoms with E-state index in [1.54, 1.807) is 41.4 Å². The van der Waals surface area contributed by atoms with Crippen molar-refractivity contribution in [3.05, 3.63) is 84.6 Å². The molecule has 1 fully saturated rings. The lowest BCUT2D eigenvalue weighted by molar-refractivity contribution is -0.129. The second-order valence-electron chi connectivity index (χ2n) is 9.84. The lowest BCUT2D eigenvalue weighted by atomic mass is 9.98. The van der Waals surface area contributed by atoms with Crippen LogP contribution < -0.4 is 15.5 Å². The summed E-state index contributed by atoms with van der Waals surface area (Å²) in [6.07, 6.45) is 4.37. The van der Waals surface area contributed by atoms with Crippen LogP contribution in [0.3, 0.4) is 0 Å². The molecule has 3 aliphatic heterocycles. The van der Waals surface area contributed by atoms with Crippen LogP contribution in [0.1, 0.15) is 24.4 Å². The predicted molar refractivity (Wildman–Crippen MR) is 147 cm³/mol. The van der Waals surface area contributed by atoms with Gasteiger partial charge in [0.2, 0.25) is 11.8 Å². The summed E-state index contributed by atoms with van der Waals surface area (Å²) in [6, 6.07) is 11.1. The van der Waals surface area contributed by atoms with Crippen molar-refractivity contribution in [2.24, 2.45) is 0 Å². The summed E-state index contributed by atoms with van der Waals surface area (Å²) in [4.78, 5) is 46.6. The van der Waals surface area contributed by atoms with Crippen LogP contribution in [-0.4, -0.2) is 52.1 Å². The molecule has 3 aliphatic rings. The fourth-order valence-corrected chi connectivity index (χ4v) is 6.76. The highest BCUT2D eigenvalue weighted by Crippen LogP contribution is 2.50. The van der Waals surface area contributed by atoms with Crippen molar-refractivity contribution in [2.75, 3.05) is 18.0 Å². The fraction of sp³-hybridized carbons (Fsp3) is 0.241. The first-order valence-corrected chi connectivity index (χ1v) is 13.8. The van der Waals surface area contributed by atoms with Crippen LogP contribution in [-0.2, 0) is 9.59 Å². The number of amides is 4. The Hall–Kier alpha value is -4.25. The molecule has 0 spiro atoms. The van der Waals surface area contributed by atoms with Crippen molar-refractivity contribution >= 4 is 41.0 Å². The van der Waals surface area contributed by atoms with Crippen molar-refractivity contribution in [2.45, 2.75) is 35.2 Å². The molecule has 1 aromatic heterocycles. The molecule has 3 aromatic rings. The molecule has 2 N–H and O–H groups in total. The van der Waals surface area contributed by atoms with E-state index < -0.39 is 29.0 Å². The van der Waals surface area contributed by atoms with Gasteiger partial charge in [-0.15, -0.1) is 0 Å². The predicted octanol–water partition coefficient (Wildman–Crippen LogP) is 4.70. The number of likely N-dealkylation sites (tertiary alicyclic amines) is 1. The van der Waals surface area contributed by atoms with Crippen molar-refractivity contribution in [1.29, 1.82) is 0 Å². The zero-order valence-electron chi connectivity index (χ0n) is 21.3. The highest BCUT2D eigenvalue weighted by molar-refractivity contribution is 8.01. The molecule has 0 bridgehead atoms. The molecule has 204 valence electrons. The highest BCUT2D eigenvalue weighted by atomic mass is 32.2. The van der Waals surface area contributed by atoms with Gasteiger partial charge in [-0.25, -0.2) is 18.6 Å². The average molecular weight is 562 g/mol. The van der Waals surface area contributed by atoms with Gasteiger partial charge in [-0.3, -0.25) is 14.5 Å². The lowest BCUT2D eigenvalue weighted by Crippen LogP contribution is -2.53. The molecule has 3 atom stereocenters. The maximum Gasteiger partial charge on any atom is 0.327 e. The van der Waals surface area contributed by atoms with Crippen molar-refractivity contribution in [1.82, 2.24) is 20.5 Å². The van der Waals surface area contributed by atoms with E-state index in [9.17, 15) is 23.2 Å². The number of nitrogens with zero attached hydrogens (tertiary/aromatic N) is 3. The standard InChI is InChI=1S/C29H25F2N5O3S/c1-2-22(37)35-13-5-7-17(15-35)33-27(38)26-25-23-21(11-12-32-28(23)40-26)36(29(39)34-25)18-8-3-6-16(14-18)19-9-4-10-20(30)24(19)31/h2-4,6,8-12,14,17,25-26H,1,5,7,13,15H2,(H,33,38)(H,34,39)/t17?,25?,26-/m1/s1. The van der Waals surface area contributed by atoms with E-state index in [-0.39, 0.29) is 23.4 Å². The number of thioether (sulfide) groups is 1. The second kappa shape index (κ2) is 10.4. The summed E-state index contributed by atoms with van der Waals surface area (Å²) < 4.78 is 28.4. The molecular formula is C29H25F2N5O3S. The summed E-state index contributed by atoms with van der Waals surface area (Å²) in [5, 5.41) is 6.01. The van der Waals surface area contributed by atoms with Gasteiger partial charge in [0.1, 0.15) is 10.3 Å². The maximum absolute atomic E-state index is 14.5. The minimum absolute atomic E-state index is 0.0838. The molecule has 6 rings (SSSR count). The number of carbonyl (C=O) groups excluding carboxylic acids is 3. The molecule has 11 heteroatoms. The topological polar surface area (TPSA) is 94.6 Å². The van der Waals surface area contributed by atoms with Gasteiger partial charge in [0.15, 0.2) is 11.6 Å². The van der Waals surface area contributed by atoms with E-state index in [2.05, 4.69) is 22.2 Å². The summed E-state index contributed by atoms with van der Waals surface area (Å²) in [7, 11) is 0. The van der Waals surface area contributed by atoms with Crippen LogP contribution in [0, 0.1) is 11.6 Å². The van der Waals surface area contributed by atoms with Gasteiger partial charge in [0.25, 0.3) is 0 Å². The number of rotatable bonds is 5. The molecule has 1 saturated heterocycles. The Morgan fingerprint density at radius 3 is 2.83 bits per heavy atom. The molecule has 0 saturated carbocycles. The minimum Gasteiger partial charge on any atom is -0.351 e. The minimum atomic E-state index is -0.965. The van der Waals surface area contributed by atoms with Crippen molar-refractivity contribution in [3.63, 3.8) is 0 Å². The van der Waals surface area contributed by atoms with Gasteiger partial charge >= 0.3 is 6.03 Å². The zero-order chi connectivity index (χ0) is 28.0. The number of nitrogens with one attached hydrogen (secondary N) is 2. The Labute approximate surface area is 233 Å². The normalized spacial score (nSPS) is 21.4. The Morgan fingerprint density at radius 1 is 1.18 bits per heavy atom. The van der Waals surface area contributed by atoms with Gasteiger partial charge in [-0.1, -0.05) is 42.6 Å². The van der Waals surface area contributed by atoms with Gasteiger partial charge in [-0.2, -0.15) is 0 Å². The van der Waals surface area contributed by atoms with E-state index in [1.807, 2.05) is 0 Å². The zero-order valence-corrected chi connectivity index (χ0v) is 22.1. The van der Waals surface area contributed by atoms with E-state index >= 15 is 0 Å². The first-order valence-electron chi connectivity index (χ1n) is 12.9. The monoisotopic (exact) mass is 561 g/mol. The summed E-state index contributed by atoms with van der Waals surface area (Å²) in [5.74, 6) is -2.33. The van der Waals surface area contributed by atoms with Gasteiger partial charge in [-0.05, 0) is 48.7 Å². The largest absolute Gasteiger partial charge is 0.351 e. The molecule has 2 unspecified atom stereocenters. The summed E-state index contributed by atoms with van der Waals surface area (Å²) in [6.45, 7) is 4.56. The number of hydrogen-bond acceptors (Lipinski definition) is 5. The van der Waals surface area contributed by atoms with Crippen LogP contribution in [0.25, 0.3) is 11.1 Å². The number of benzene rings is 2. The number of hydrogen-bond donors (Lipinski definition) is 2. The molecular weight excluding hydrogens is 536 g/mol. The maximum atomic E-state index is 14.5. The summed E-state index contributed by atoms with van der Waals surface area (Å²) in [5.41, 5.74) is 2.25. The van der Waals surface area contributed by atoms with Gasteiger partial charge in [0, 0.05) is 36.5 Å². The molecule has 2 aromatic carbocycles. The third-order valence-corrected chi connectivity index (χ3v) is 8.67. The number of aromatic nitrogens is 1.